The lowest BCUT2D eigenvalue weighted by Crippen LogP contribution is -2.29. The molecule has 0 saturated carbocycles. The average molecular weight is 456 g/mol. The van der Waals surface area contributed by atoms with Gasteiger partial charge < -0.3 is 14.6 Å². The number of ether oxygens (including phenoxy) is 1. The highest BCUT2D eigenvalue weighted by atomic mass is 35.5. The van der Waals surface area contributed by atoms with E-state index in [2.05, 4.69) is 52.3 Å². The average Bonchev–Trinajstić information content (AvgIpc) is 3.20. The summed E-state index contributed by atoms with van der Waals surface area (Å²) in [4.78, 5) is 17.2. The van der Waals surface area contributed by atoms with E-state index in [-0.39, 0.29) is 12.5 Å². The van der Waals surface area contributed by atoms with Gasteiger partial charge in [0.2, 0.25) is 0 Å². The van der Waals surface area contributed by atoms with E-state index in [9.17, 15) is 4.79 Å². The number of imidazole rings is 1. The molecule has 0 aliphatic rings. The number of amides is 1. The molecule has 0 fully saturated rings. The van der Waals surface area contributed by atoms with Crippen molar-refractivity contribution in [2.75, 3.05) is 6.61 Å². The van der Waals surface area contributed by atoms with Crippen LogP contribution in [0.4, 0.5) is 0 Å². The molecule has 5 rings (SSSR count). The lowest BCUT2D eigenvalue weighted by atomic mass is 10.0. The zero-order chi connectivity index (χ0) is 22.6. The Morgan fingerprint density at radius 2 is 1.67 bits per heavy atom. The molecule has 1 amide bonds. The quantitative estimate of drug-likeness (QED) is 0.348. The normalized spacial score (nSPS) is 11.1. The molecule has 0 aliphatic carbocycles. The van der Waals surface area contributed by atoms with Gasteiger partial charge in [0.25, 0.3) is 5.91 Å². The van der Waals surface area contributed by atoms with Crippen LogP contribution in [0, 0.1) is 0 Å². The lowest BCUT2D eigenvalue weighted by molar-refractivity contribution is -0.123. The van der Waals surface area contributed by atoms with Crippen LogP contribution in [0.1, 0.15) is 11.4 Å². The van der Waals surface area contributed by atoms with E-state index in [0.29, 0.717) is 23.9 Å². The number of fused-ring (bicyclic) bond motifs is 2. The van der Waals surface area contributed by atoms with E-state index in [0.717, 1.165) is 16.9 Å². The van der Waals surface area contributed by atoms with Gasteiger partial charge in [0, 0.05) is 5.02 Å². The summed E-state index contributed by atoms with van der Waals surface area (Å²) in [6.07, 6.45) is 0. The van der Waals surface area contributed by atoms with Crippen molar-refractivity contribution in [3.05, 3.63) is 107 Å². The van der Waals surface area contributed by atoms with Crippen molar-refractivity contribution in [3.8, 4) is 5.75 Å². The Morgan fingerprint density at radius 3 is 2.55 bits per heavy atom. The molecular formula is C27H22ClN3O2. The maximum atomic E-state index is 12.4. The molecule has 5 nitrogen and oxygen atoms in total. The molecule has 0 bridgehead atoms. The molecule has 0 atom stereocenters. The van der Waals surface area contributed by atoms with Crippen LogP contribution in [0.2, 0.25) is 5.02 Å². The van der Waals surface area contributed by atoms with Gasteiger partial charge in [0.15, 0.2) is 6.61 Å². The minimum absolute atomic E-state index is 0.0782. The Morgan fingerprint density at radius 1 is 0.909 bits per heavy atom. The number of aromatic nitrogens is 2. The fourth-order valence-electron chi connectivity index (χ4n) is 3.95. The van der Waals surface area contributed by atoms with Crippen LogP contribution in [0.25, 0.3) is 21.8 Å². The van der Waals surface area contributed by atoms with E-state index < -0.39 is 0 Å². The second-order valence-electron chi connectivity index (χ2n) is 7.76. The van der Waals surface area contributed by atoms with Crippen LogP contribution in [0.3, 0.4) is 0 Å². The van der Waals surface area contributed by atoms with Crippen LogP contribution in [0.15, 0.2) is 91.0 Å². The first-order valence-electron chi connectivity index (χ1n) is 10.7. The van der Waals surface area contributed by atoms with Gasteiger partial charge in [-0.05, 0) is 52.7 Å². The summed E-state index contributed by atoms with van der Waals surface area (Å²) in [5.41, 5.74) is 3.14. The van der Waals surface area contributed by atoms with Gasteiger partial charge in [-0.15, -0.1) is 0 Å². The monoisotopic (exact) mass is 455 g/mol. The highest BCUT2D eigenvalue weighted by Crippen LogP contribution is 2.23. The third-order valence-corrected chi connectivity index (χ3v) is 5.82. The number of carbonyl (C=O) groups is 1. The predicted molar refractivity (Wildman–Crippen MR) is 132 cm³/mol. The zero-order valence-electron chi connectivity index (χ0n) is 17.9. The lowest BCUT2D eigenvalue weighted by Gasteiger charge is -2.13. The molecule has 1 N–H and O–H groups in total. The van der Waals surface area contributed by atoms with Gasteiger partial charge >= 0.3 is 0 Å². The van der Waals surface area contributed by atoms with Crippen molar-refractivity contribution >= 4 is 39.3 Å². The third kappa shape index (κ3) is 4.69. The second kappa shape index (κ2) is 9.35. The Kier molecular flexibility index (Phi) is 5.96. The first-order chi connectivity index (χ1) is 16.2. The Hall–Kier alpha value is -3.83. The second-order valence-corrected chi connectivity index (χ2v) is 8.20. The maximum Gasteiger partial charge on any atom is 0.258 e. The molecule has 0 unspecified atom stereocenters. The fourth-order valence-corrected chi connectivity index (χ4v) is 4.07. The number of carbonyl (C=O) groups excluding carboxylic acids is 1. The highest BCUT2D eigenvalue weighted by Gasteiger charge is 2.13. The van der Waals surface area contributed by atoms with Gasteiger partial charge in [-0.25, -0.2) is 4.98 Å². The fraction of sp³-hybridized carbons (Fsp3) is 0.111. The zero-order valence-corrected chi connectivity index (χ0v) is 18.6. The standard InChI is InChI=1S/C27H22ClN3O2/c28-21-12-14-22(15-13-21)33-18-27(32)29-16-26-30-24-10-3-4-11-25(24)31(26)17-20-8-5-7-19-6-1-2-9-23(19)20/h1-15H,16-18H2,(H,29,32). The van der Waals surface area contributed by atoms with E-state index in [1.165, 1.54) is 16.3 Å². The molecular weight excluding hydrogens is 434 g/mol. The molecule has 164 valence electrons. The van der Waals surface area contributed by atoms with Crippen molar-refractivity contribution in [1.29, 1.82) is 0 Å². The molecule has 6 heteroatoms. The van der Waals surface area contributed by atoms with Gasteiger partial charge in [0.05, 0.1) is 24.1 Å². The summed E-state index contributed by atoms with van der Waals surface area (Å²) < 4.78 is 7.71. The number of hydrogen-bond donors (Lipinski definition) is 1. The van der Waals surface area contributed by atoms with Crippen molar-refractivity contribution in [1.82, 2.24) is 14.9 Å². The van der Waals surface area contributed by atoms with Crippen LogP contribution in [0.5, 0.6) is 5.75 Å². The van der Waals surface area contributed by atoms with Crippen LogP contribution in [-0.2, 0) is 17.9 Å². The highest BCUT2D eigenvalue weighted by molar-refractivity contribution is 6.30. The molecule has 0 radical (unpaired) electrons. The SMILES string of the molecule is O=C(COc1ccc(Cl)cc1)NCc1nc2ccccc2n1Cc1cccc2ccccc12. The Bertz CT molecular complexity index is 1420. The smallest absolute Gasteiger partial charge is 0.258 e. The molecule has 0 aliphatic heterocycles. The van der Waals surface area contributed by atoms with E-state index in [1.807, 2.05) is 24.3 Å². The molecule has 5 aromatic rings. The topological polar surface area (TPSA) is 56.1 Å². The van der Waals surface area contributed by atoms with Crippen molar-refractivity contribution in [2.45, 2.75) is 13.1 Å². The molecule has 4 aromatic carbocycles. The summed E-state index contributed by atoms with van der Waals surface area (Å²) in [5, 5.41) is 5.97. The van der Waals surface area contributed by atoms with Crippen molar-refractivity contribution < 1.29 is 9.53 Å². The largest absolute Gasteiger partial charge is 0.484 e. The Balaban J connectivity index is 1.35. The molecule has 0 saturated heterocycles. The van der Waals surface area contributed by atoms with E-state index in [4.69, 9.17) is 21.3 Å². The number of rotatable bonds is 7. The minimum atomic E-state index is -0.214. The summed E-state index contributed by atoms with van der Waals surface area (Å²) in [6, 6.07) is 29.6. The third-order valence-electron chi connectivity index (χ3n) is 5.57. The van der Waals surface area contributed by atoms with Gasteiger partial charge in [0.1, 0.15) is 11.6 Å². The number of nitrogens with one attached hydrogen (secondary N) is 1. The van der Waals surface area contributed by atoms with Crippen LogP contribution < -0.4 is 10.1 Å². The summed E-state index contributed by atoms with van der Waals surface area (Å²) in [6.45, 7) is 0.891. The van der Waals surface area contributed by atoms with Crippen LogP contribution in [-0.4, -0.2) is 22.1 Å². The number of nitrogens with zero attached hydrogens (tertiary/aromatic N) is 2. The molecule has 1 heterocycles. The van der Waals surface area contributed by atoms with Gasteiger partial charge in [-0.3, -0.25) is 4.79 Å². The first-order valence-corrected chi connectivity index (χ1v) is 11.1. The molecule has 0 spiro atoms. The van der Waals surface area contributed by atoms with Crippen molar-refractivity contribution in [3.63, 3.8) is 0 Å². The summed E-state index contributed by atoms with van der Waals surface area (Å²) in [7, 11) is 0. The van der Waals surface area contributed by atoms with E-state index in [1.54, 1.807) is 24.3 Å². The van der Waals surface area contributed by atoms with Gasteiger partial charge in [-0.2, -0.15) is 0 Å². The first kappa shape index (κ1) is 21.0. The summed E-state index contributed by atoms with van der Waals surface area (Å²) in [5.74, 6) is 1.18. The van der Waals surface area contributed by atoms with Crippen LogP contribution >= 0.6 is 11.6 Å². The minimum Gasteiger partial charge on any atom is -0.484 e. The number of para-hydroxylation sites is 2. The number of hydrogen-bond acceptors (Lipinski definition) is 3. The molecule has 33 heavy (non-hydrogen) atoms. The molecule has 1 aromatic heterocycles. The Labute approximate surface area is 196 Å². The number of benzene rings is 4. The maximum absolute atomic E-state index is 12.4. The van der Waals surface area contributed by atoms with Gasteiger partial charge in [-0.1, -0.05) is 66.2 Å². The van der Waals surface area contributed by atoms with Crippen molar-refractivity contribution in [2.24, 2.45) is 0 Å². The summed E-state index contributed by atoms with van der Waals surface area (Å²) >= 11 is 5.89. The number of halogens is 1. The predicted octanol–water partition coefficient (Wildman–Crippen LogP) is 5.59. The van der Waals surface area contributed by atoms with E-state index >= 15 is 0 Å².